The third-order valence-electron chi connectivity index (χ3n) is 2.61. The van der Waals surface area contributed by atoms with E-state index < -0.39 is 0 Å². The minimum absolute atomic E-state index is 0.713. The Morgan fingerprint density at radius 2 is 2.24 bits per heavy atom. The maximum atomic E-state index is 5.24. The highest BCUT2D eigenvalue weighted by Crippen LogP contribution is 2.25. The van der Waals surface area contributed by atoms with Gasteiger partial charge in [0.1, 0.15) is 0 Å². The predicted molar refractivity (Wildman–Crippen MR) is 75.0 cm³/mol. The van der Waals surface area contributed by atoms with Gasteiger partial charge in [0.15, 0.2) is 10.6 Å². The molecule has 2 rings (SSSR count). The molecule has 3 nitrogen and oxygen atoms in total. The Bertz CT molecular complexity index is 536. The molecule has 0 saturated carbocycles. The summed E-state index contributed by atoms with van der Waals surface area (Å²) in [6.07, 6.45) is 3.39. The molecule has 0 aliphatic rings. The van der Waals surface area contributed by atoms with Gasteiger partial charge < -0.3 is 4.57 Å². The van der Waals surface area contributed by atoms with Crippen molar-refractivity contribution in [3.05, 3.63) is 21.1 Å². The van der Waals surface area contributed by atoms with Crippen molar-refractivity contribution in [1.29, 1.82) is 0 Å². The van der Waals surface area contributed by atoms with Gasteiger partial charge in [0, 0.05) is 22.4 Å². The van der Waals surface area contributed by atoms with Crippen molar-refractivity contribution in [1.82, 2.24) is 14.8 Å². The van der Waals surface area contributed by atoms with Crippen molar-refractivity contribution in [2.24, 2.45) is 0 Å². The normalized spacial score (nSPS) is 10.9. The van der Waals surface area contributed by atoms with Crippen molar-refractivity contribution in [2.75, 3.05) is 0 Å². The van der Waals surface area contributed by atoms with Gasteiger partial charge in [0.25, 0.3) is 0 Å². The van der Waals surface area contributed by atoms with Crippen LogP contribution in [0.25, 0.3) is 11.4 Å². The first-order valence-electron chi connectivity index (χ1n) is 5.99. The first-order chi connectivity index (χ1) is 8.26. The molecular formula is C12H17N3S2. The molecule has 2 heterocycles. The predicted octanol–water partition coefficient (Wildman–Crippen LogP) is 4.03. The first kappa shape index (κ1) is 12.5. The zero-order chi connectivity index (χ0) is 12.3. The van der Waals surface area contributed by atoms with E-state index in [0.29, 0.717) is 4.77 Å². The molecule has 0 radical (unpaired) electrons. The number of aromatic nitrogens is 3. The Hall–Kier alpha value is -0.940. The minimum atomic E-state index is 0.713. The molecule has 2 aromatic rings. The number of H-pyrrole nitrogens is 1. The Labute approximate surface area is 111 Å². The summed E-state index contributed by atoms with van der Waals surface area (Å²) in [4.78, 5) is 1.42. The molecule has 0 aliphatic carbocycles. The van der Waals surface area contributed by atoms with E-state index in [1.807, 2.05) is 0 Å². The van der Waals surface area contributed by atoms with Crippen LogP contribution < -0.4 is 0 Å². The van der Waals surface area contributed by atoms with Crippen LogP contribution >= 0.6 is 23.6 Å². The number of hydrogen-bond acceptors (Lipinski definition) is 3. The number of rotatable bonds is 5. The summed E-state index contributed by atoms with van der Waals surface area (Å²) in [6.45, 7) is 5.27. The van der Waals surface area contributed by atoms with Crippen molar-refractivity contribution < 1.29 is 0 Å². The molecule has 92 valence electrons. The molecule has 0 bridgehead atoms. The van der Waals surface area contributed by atoms with Crippen LogP contribution in [0, 0.1) is 4.77 Å². The summed E-state index contributed by atoms with van der Waals surface area (Å²) < 4.78 is 2.79. The van der Waals surface area contributed by atoms with Gasteiger partial charge in [-0.25, -0.2) is 0 Å². The van der Waals surface area contributed by atoms with Crippen LogP contribution in [0.15, 0.2) is 11.4 Å². The van der Waals surface area contributed by atoms with Crippen LogP contribution in [-0.4, -0.2) is 14.8 Å². The number of hydrogen-bond donors (Lipinski definition) is 1. The fraction of sp³-hybridized carbons (Fsp3) is 0.500. The largest absolute Gasteiger partial charge is 0.300 e. The number of nitrogens with one attached hydrogen (secondary N) is 1. The van der Waals surface area contributed by atoms with Crippen LogP contribution in [-0.2, 0) is 13.0 Å². The Morgan fingerprint density at radius 3 is 2.94 bits per heavy atom. The average molecular weight is 267 g/mol. The van der Waals surface area contributed by atoms with E-state index in [1.54, 1.807) is 11.3 Å². The molecule has 0 aromatic carbocycles. The topological polar surface area (TPSA) is 33.6 Å². The van der Waals surface area contributed by atoms with E-state index in [0.717, 1.165) is 25.2 Å². The van der Waals surface area contributed by atoms with E-state index in [4.69, 9.17) is 12.2 Å². The minimum Gasteiger partial charge on any atom is -0.300 e. The first-order valence-corrected chi connectivity index (χ1v) is 7.28. The molecular weight excluding hydrogens is 250 g/mol. The third kappa shape index (κ3) is 2.66. The molecule has 0 aliphatic heterocycles. The number of aryl methyl sites for hydroxylation is 1. The Morgan fingerprint density at radius 1 is 1.41 bits per heavy atom. The van der Waals surface area contributed by atoms with E-state index in [1.165, 1.54) is 16.9 Å². The van der Waals surface area contributed by atoms with Crippen molar-refractivity contribution >= 4 is 23.6 Å². The van der Waals surface area contributed by atoms with Crippen molar-refractivity contribution in [2.45, 2.75) is 39.7 Å². The molecule has 0 unspecified atom stereocenters. The molecule has 0 saturated heterocycles. The second kappa shape index (κ2) is 5.60. The third-order valence-corrected chi connectivity index (χ3v) is 3.92. The summed E-state index contributed by atoms with van der Waals surface area (Å²) >= 11 is 7.05. The summed E-state index contributed by atoms with van der Waals surface area (Å²) in [6, 6.07) is 2.23. The standard InChI is InChI=1S/C12H17N3S2/c1-3-5-10-7-9(8-17-10)11-13-14-12(16)15(11)6-4-2/h7-8H,3-6H2,1-2H3,(H,14,16). The second-order valence-corrected chi connectivity index (χ2v) is 5.44. The van der Waals surface area contributed by atoms with Crippen LogP contribution in [0.5, 0.6) is 0 Å². The van der Waals surface area contributed by atoms with Crippen LogP contribution in [0.2, 0.25) is 0 Å². The second-order valence-electron chi connectivity index (χ2n) is 4.06. The quantitative estimate of drug-likeness (QED) is 0.830. The number of aromatic amines is 1. The highest BCUT2D eigenvalue weighted by Gasteiger charge is 2.10. The van der Waals surface area contributed by atoms with Gasteiger partial charge in [0.05, 0.1) is 0 Å². The van der Waals surface area contributed by atoms with Crippen molar-refractivity contribution in [3.63, 3.8) is 0 Å². The van der Waals surface area contributed by atoms with Crippen LogP contribution in [0.3, 0.4) is 0 Å². The van der Waals surface area contributed by atoms with Gasteiger partial charge in [-0.05, 0) is 31.1 Å². The lowest BCUT2D eigenvalue weighted by Gasteiger charge is -2.02. The lowest BCUT2D eigenvalue weighted by molar-refractivity contribution is 0.675. The summed E-state index contributed by atoms with van der Waals surface area (Å²) in [5.74, 6) is 0.968. The van der Waals surface area contributed by atoms with Gasteiger partial charge in [-0.3, -0.25) is 5.10 Å². The van der Waals surface area contributed by atoms with Crippen LogP contribution in [0.4, 0.5) is 0 Å². The molecule has 17 heavy (non-hydrogen) atoms. The molecule has 5 heteroatoms. The van der Waals surface area contributed by atoms with Crippen LogP contribution in [0.1, 0.15) is 31.6 Å². The monoisotopic (exact) mass is 267 g/mol. The highest BCUT2D eigenvalue weighted by atomic mass is 32.1. The van der Waals surface area contributed by atoms with E-state index >= 15 is 0 Å². The Balaban J connectivity index is 2.35. The Kier molecular flexibility index (Phi) is 4.12. The zero-order valence-corrected chi connectivity index (χ0v) is 11.8. The fourth-order valence-electron chi connectivity index (χ4n) is 1.84. The zero-order valence-electron chi connectivity index (χ0n) is 10.2. The highest BCUT2D eigenvalue weighted by molar-refractivity contribution is 7.71. The molecule has 0 spiro atoms. The number of nitrogens with zero attached hydrogens (tertiary/aromatic N) is 2. The van der Waals surface area contributed by atoms with Gasteiger partial charge in [-0.1, -0.05) is 20.3 Å². The summed E-state index contributed by atoms with van der Waals surface area (Å²) in [5, 5.41) is 9.38. The summed E-state index contributed by atoms with van der Waals surface area (Å²) in [7, 11) is 0. The van der Waals surface area contributed by atoms with Gasteiger partial charge in [-0.2, -0.15) is 5.10 Å². The number of thiophene rings is 1. The smallest absolute Gasteiger partial charge is 0.195 e. The van der Waals surface area contributed by atoms with Crippen molar-refractivity contribution in [3.8, 4) is 11.4 Å². The maximum absolute atomic E-state index is 5.24. The SMILES string of the molecule is CCCc1cc(-c2n[nH]c(=S)n2CCC)cs1. The van der Waals surface area contributed by atoms with E-state index in [9.17, 15) is 0 Å². The fourth-order valence-corrected chi connectivity index (χ4v) is 3.04. The van der Waals surface area contributed by atoms with Gasteiger partial charge in [-0.15, -0.1) is 11.3 Å². The average Bonchev–Trinajstić information content (AvgIpc) is 2.89. The molecule has 0 atom stereocenters. The summed E-state index contributed by atoms with van der Waals surface area (Å²) in [5.41, 5.74) is 1.18. The van der Waals surface area contributed by atoms with Gasteiger partial charge >= 0.3 is 0 Å². The molecule has 0 fully saturated rings. The van der Waals surface area contributed by atoms with Gasteiger partial charge in [0.2, 0.25) is 0 Å². The maximum Gasteiger partial charge on any atom is 0.195 e. The van der Waals surface area contributed by atoms with E-state index in [-0.39, 0.29) is 0 Å². The molecule has 0 amide bonds. The lowest BCUT2D eigenvalue weighted by Crippen LogP contribution is -1.99. The lowest BCUT2D eigenvalue weighted by atomic mass is 10.2. The molecule has 2 aromatic heterocycles. The molecule has 1 N–H and O–H groups in total. The van der Waals surface area contributed by atoms with E-state index in [2.05, 4.69) is 40.1 Å².